The lowest BCUT2D eigenvalue weighted by atomic mass is 10.2. The molecule has 0 spiro atoms. The average Bonchev–Trinajstić information content (AvgIpc) is 3.35. The third-order valence-electron chi connectivity index (χ3n) is 4.06. The van der Waals surface area contributed by atoms with Crippen LogP contribution in [0.15, 0.2) is 59.2 Å². The second-order valence-electron chi connectivity index (χ2n) is 6.33. The number of rotatable bonds is 5. The Morgan fingerprint density at radius 2 is 1.79 bits per heavy atom. The van der Waals surface area contributed by atoms with E-state index in [1.165, 1.54) is 0 Å². The molecule has 1 aromatic carbocycles. The first kappa shape index (κ1) is 18.7. The maximum absolute atomic E-state index is 12.7. The molecule has 9 heteroatoms. The van der Waals surface area contributed by atoms with Crippen LogP contribution in [-0.2, 0) is 0 Å². The Morgan fingerprint density at radius 1 is 1.07 bits per heavy atom. The zero-order valence-electron chi connectivity index (χ0n) is 15.7. The highest BCUT2D eigenvalue weighted by molar-refractivity contribution is 6.30. The fourth-order valence-electron chi connectivity index (χ4n) is 2.83. The van der Waals surface area contributed by atoms with Crippen molar-refractivity contribution in [2.45, 2.75) is 13.8 Å². The summed E-state index contributed by atoms with van der Waals surface area (Å²) in [6, 6.07) is 14.2. The van der Waals surface area contributed by atoms with Crippen LogP contribution in [0.2, 0.25) is 5.02 Å². The van der Waals surface area contributed by atoms with Gasteiger partial charge in [-0.3, -0.25) is 15.6 Å². The second kappa shape index (κ2) is 7.76. The minimum atomic E-state index is -0.437. The number of anilines is 1. The number of nitrogens with one attached hydrogen (secondary N) is 2. The molecule has 0 fully saturated rings. The SMILES string of the molecule is Cc1cc(C)nc(NNC(=O)c2cc(-c3ccco3)n(-c3ccc(Cl)cc3)n2)n1. The number of hydrogen-bond donors (Lipinski definition) is 2. The molecule has 4 rings (SSSR count). The lowest BCUT2D eigenvalue weighted by Gasteiger charge is -2.07. The zero-order valence-corrected chi connectivity index (χ0v) is 16.4. The predicted octanol–water partition coefficient (Wildman–Crippen LogP) is 3.95. The number of carbonyl (C=O) groups excluding carboxylic acids is 1. The van der Waals surface area contributed by atoms with E-state index in [-0.39, 0.29) is 5.69 Å². The molecule has 0 radical (unpaired) electrons. The molecule has 2 N–H and O–H groups in total. The minimum Gasteiger partial charge on any atom is -0.463 e. The molecule has 0 aliphatic rings. The Hall–Kier alpha value is -3.65. The molecule has 0 unspecified atom stereocenters. The van der Waals surface area contributed by atoms with Crippen molar-refractivity contribution in [3.05, 3.63) is 76.9 Å². The summed E-state index contributed by atoms with van der Waals surface area (Å²) in [5.41, 5.74) is 8.45. The highest BCUT2D eigenvalue weighted by Crippen LogP contribution is 2.25. The van der Waals surface area contributed by atoms with Crippen LogP contribution in [0.5, 0.6) is 0 Å². The van der Waals surface area contributed by atoms with Crippen molar-refractivity contribution >= 4 is 23.5 Å². The van der Waals surface area contributed by atoms with E-state index in [1.54, 1.807) is 41.3 Å². The number of furan rings is 1. The summed E-state index contributed by atoms with van der Waals surface area (Å²) >= 11 is 5.98. The second-order valence-corrected chi connectivity index (χ2v) is 6.77. The Kier molecular flexibility index (Phi) is 5.01. The highest BCUT2D eigenvalue weighted by atomic mass is 35.5. The number of hydrazine groups is 1. The molecule has 0 saturated carbocycles. The van der Waals surface area contributed by atoms with Gasteiger partial charge in [0, 0.05) is 22.5 Å². The van der Waals surface area contributed by atoms with Gasteiger partial charge in [0.05, 0.1) is 12.0 Å². The zero-order chi connectivity index (χ0) is 20.4. The summed E-state index contributed by atoms with van der Waals surface area (Å²) in [7, 11) is 0. The molecule has 0 aliphatic carbocycles. The number of hydrogen-bond acceptors (Lipinski definition) is 6. The Balaban J connectivity index is 1.62. The monoisotopic (exact) mass is 408 g/mol. The summed E-state index contributed by atoms with van der Waals surface area (Å²) in [6.45, 7) is 3.70. The third kappa shape index (κ3) is 4.12. The summed E-state index contributed by atoms with van der Waals surface area (Å²) in [5, 5.41) is 5.04. The first-order valence-corrected chi connectivity index (χ1v) is 9.16. The Morgan fingerprint density at radius 3 is 2.45 bits per heavy atom. The van der Waals surface area contributed by atoms with Gasteiger partial charge in [-0.1, -0.05) is 11.6 Å². The van der Waals surface area contributed by atoms with Crippen LogP contribution >= 0.6 is 11.6 Å². The summed E-state index contributed by atoms with van der Waals surface area (Å²) in [4.78, 5) is 21.1. The van der Waals surface area contributed by atoms with E-state index in [4.69, 9.17) is 16.0 Å². The molecular weight excluding hydrogens is 392 g/mol. The summed E-state index contributed by atoms with van der Waals surface area (Å²) < 4.78 is 7.12. The number of halogens is 1. The third-order valence-corrected chi connectivity index (χ3v) is 4.31. The smallest absolute Gasteiger partial charge is 0.290 e. The fraction of sp³-hybridized carbons (Fsp3) is 0.100. The van der Waals surface area contributed by atoms with Crippen molar-refractivity contribution in [3.8, 4) is 17.1 Å². The van der Waals surface area contributed by atoms with Gasteiger partial charge >= 0.3 is 0 Å². The number of amides is 1. The molecule has 0 bridgehead atoms. The number of carbonyl (C=O) groups is 1. The van der Waals surface area contributed by atoms with Crippen LogP contribution in [0.4, 0.5) is 5.95 Å². The normalized spacial score (nSPS) is 10.7. The molecule has 4 aromatic rings. The maximum Gasteiger partial charge on any atom is 0.290 e. The van der Waals surface area contributed by atoms with Gasteiger partial charge in [-0.25, -0.2) is 14.6 Å². The molecule has 0 atom stereocenters. The predicted molar refractivity (Wildman–Crippen MR) is 109 cm³/mol. The van der Waals surface area contributed by atoms with Crippen LogP contribution in [0.3, 0.4) is 0 Å². The van der Waals surface area contributed by atoms with Crippen molar-refractivity contribution in [3.63, 3.8) is 0 Å². The quantitative estimate of drug-likeness (QED) is 0.485. The standard InChI is InChI=1S/C20H17ClN6O2/c1-12-10-13(2)23-20(22-12)25-24-19(28)16-11-17(18-4-3-9-29-18)27(26-16)15-7-5-14(21)6-8-15/h3-11H,1-2H3,(H,24,28)(H,22,23,25). The van der Waals surface area contributed by atoms with Crippen LogP contribution in [0.1, 0.15) is 21.9 Å². The van der Waals surface area contributed by atoms with Crippen LogP contribution in [0, 0.1) is 13.8 Å². The van der Waals surface area contributed by atoms with Gasteiger partial charge in [0.15, 0.2) is 11.5 Å². The molecule has 3 aromatic heterocycles. The topological polar surface area (TPSA) is 97.9 Å². The Bertz CT molecular complexity index is 1130. The minimum absolute atomic E-state index is 0.197. The van der Waals surface area contributed by atoms with Gasteiger partial charge in [0.2, 0.25) is 5.95 Å². The van der Waals surface area contributed by atoms with Crippen LogP contribution in [-0.4, -0.2) is 25.7 Å². The van der Waals surface area contributed by atoms with Crippen molar-refractivity contribution in [1.29, 1.82) is 0 Å². The number of aryl methyl sites for hydroxylation is 2. The van der Waals surface area contributed by atoms with E-state index in [0.717, 1.165) is 17.1 Å². The first-order chi connectivity index (χ1) is 14.0. The van der Waals surface area contributed by atoms with Crippen LogP contribution < -0.4 is 10.9 Å². The molecule has 0 aliphatic heterocycles. The fourth-order valence-corrected chi connectivity index (χ4v) is 2.96. The van der Waals surface area contributed by atoms with Crippen molar-refractivity contribution in [2.75, 3.05) is 5.43 Å². The van der Waals surface area contributed by atoms with Crippen molar-refractivity contribution < 1.29 is 9.21 Å². The van der Waals surface area contributed by atoms with Gasteiger partial charge in [0.1, 0.15) is 5.69 Å². The Labute approximate surface area is 171 Å². The molecular formula is C20H17ClN6O2. The van der Waals surface area contributed by atoms with E-state index in [1.807, 2.05) is 32.0 Å². The average molecular weight is 409 g/mol. The van der Waals surface area contributed by atoms with Gasteiger partial charge in [-0.2, -0.15) is 5.10 Å². The molecule has 3 heterocycles. The lowest BCUT2D eigenvalue weighted by Crippen LogP contribution is -2.31. The summed E-state index contributed by atoms with van der Waals surface area (Å²) in [5.74, 6) is 0.449. The van der Waals surface area contributed by atoms with E-state index < -0.39 is 5.91 Å². The van der Waals surface area contributed by atoms with E-state index in [9.17, 15) is 4.79 Å². The molecule has 8 nitrogen and oxygen atoms in total. The van der Waals surface area contributed by atoms with Gasteiger partial charge in [-0.15, -0.1) is 0 Å². The van der Waals surface area contributed by atoms with E-state index >= 15 is 0 Å². The van der Waals surface area contributed by atoms with Gasteiger partial charge in [-0.05, 0) is 56.3 Å². The van der Waals surface area contributed by atoms with Crippen molar-refractivity contribution in [2.24, 2.45) is 0 Å². The van der Waals surface area contributed by atoms with Crippen LogP contribution in [0.25, 0.3) is 17.1 Å². The lowest BCUT2D eigenvalue weighted by molar-refractivity contribution is 0.0957. The number of aromatic nitrogens is 4. The highest BCUT2D eigenvalue weighted by Gasteiger charge is 2.18. The molecule has 29 heavy (non-hydrogen) atoms. The van der Waals surface area contributed by atoms with E-state index in [0.29, 0.717) is 22.4 Å². The molecule has 146 valence electrons. The van der Waals surface area contributed by atoms with Gasteiger partial charge < -0.3 is 4.42 Å². The number of benzene rings is 1. The van der Waals surface area contributed by atoms with Gasteiger partial charge in [0.25, 0.3) is 5.91 Å². The van der Waals surface area contributed by atoms with Crippen molar-refractivity contribution in [1.82, 2.24) is 25.2 Å². The molecule has 0 saturated heterocycles. The summed E-state index contributed by atoms with van der Waals surface area (Å²) in [6.07, 6.45) is 1.56. The van der Waals surface area contributed by atoms with E-state index in [2.05, 4.69) is 25.9 Å². The largest absolute Gasteiger partial charge is 0.463 e. The maximum atomic E-state index is 12.7. The molecule has 1 amide bonds. The first-order valence-electron chi connectivity index (χ1n) is 8.78. The number of nitrogens with zero attached hydrogens (tertiary/aromatic N) is 4.